The molecule has 0 aliphatic carbocycles. The minimum Gasteiger partial charge on any atom is -0.493 e. The van der Waals surface area contributed by atoms with Crippen LogP contribution in [0.25, 0.3) is 0 Å². The Hall–Kier alpha value is -3.29. The number of methoxy groups -OCH3 is 1. The van der Waals surface area contributed by atoms with E-state index in [4.69, 9.17) is 25.8 Å². The first kappa shape index (κ1) is 22.9. The molecule has 1 amide bonds. The molecule has 2 heterocycles. The Morgan fingerprint density at radius 2 is 1.94 bits per heavy atom. The Bertz CT molecular complexity index is 1090. The van der Waals surface area contributed by atoms with Crippen molar-refractivity contribution in [2.24, 2.45) is 0 Å². The number of amides is 1. The van der Waals surface area contributed by atoms with Gasteiger partial charge in [0.25, 0.3) is 5.91 Å². The highest BCUT2D eigenvalue weighted by Crippen LogP contribution is 2.29. The van der Waals surface area contributed by atoms with Crippen LogP contribution in [-0.4, -0.2) is 44.3 Å². The van der Waals surface area contributed by atoms with Gasteiger partial charge in [-0.1, -0.05) is 35.9 Å². The maximum absolute atomic E-state index is 12.7. The molecular formula is C25H26ClN3O4. The molecule has 1 fully saturated rings. The van der Waals surface area contributed by atoms with E-state index in [1.807, 2.05) is 36.4 Å². The van der Waals surface area contributed by atoms with Gasteiger partial charge >= 0.3 is 0 Å². The van der Waals surface area contributed by atoms with Crippen LogP contribution in [0.5, 0.6) is 11.5 Å². The molecular weight excluding hydrogens is 442 g/mol. The topological polar surface area (TPSA) is 72.9 Å². The highest BCUT2D eigenvalue weighted by Gasteiger charge is 2.14. The zero-order valence-electron chi connectivity index (χ0n) is 18.4. The fourth-order valence-electron chi connectivity index (χ4n) is 3.48. The van der Waals surface area contributed by atoms with Gasteiger partial charge in [-0.3, -0.25) is 4.79 Å². The molecule has 2 aromatic carbocycles. The van der Waals surface area contributed by atoms with Crippen LogP contribution in [0.4, 0.5) is 5.82 Å². The van der Waals surface area contributed by atoms with Crippen molar-refractivity contribution in [3.8, 4) is 11.5 Å². The summed E-state index contributed by atoms with van der Waals surface area (Å²) in [5, 5.41) is 3.56. The number of benzene rings is 2. The normalized spacial score (nSPS) is 13.5. The molecule has 1 aliphatic rings. The lowest BCUT2D eigenvalue weighted by Gasteiger charge is -2.27. The number of nitrogens with zero attached hydrogens (tertiary/aromatic N) is 2. The number of hydrogen-bond donors (Lipinski definition) is 1. The van der Waals surface area contributed by atoms with Crippen LogP contribution in [0.1, 0.15) is 21.5 Å². The first-order chi connectivity index (χ1) is 16.1. The number of rotatable bonds is 8. The Balaban J connectivity index is 1.34. The molecule has 0 spiro atoms. The van der Waals surface area contributed by atoms with E-state index >= 15 is 0 Å². The number of carbonyl (C=O) groups excluding carboxylic acids is 1. The van der Waals surface area contributed by atoms with Gasteiger partial charge in [0.05, 0.1) is 20.3 Å². The number of halogens is 1. The first-order valence-electron chi connectivity index (χ1n) is 10.7. The van der Waals surface area contributed by atoms with E-state index in [0.29, 0.717) is 48.5 Å². The monoisotopic (exact) mass is 467 g/mol. The van der Waals surface area contributed by atoms with E-state index in [-0.39, 0.29) is 5.91 Å². The Kier molecular flexibility index (Phi) is 7.65. The highest BCUT2D eigenvalue weighted by molar-refractivity contribution is 6.31. The molecule has 1 saturated heterocycles. The lowest BCUT2D eigenvalue weighted by molar-refractivity contribution is 0.0950. The smallest absolute Gasteiger partial charge is 0.251 e. The molecule has 0 bridgehead atoms. The van der Waals surface area contributed by atoms with Gasteiger partial charge in [-0.25, -0.2) is 4.98 Å². The predicted octanol–water partition coefficient (Wildman–Crippen LogP) is 4.09. The number of aromatic nitrogens is 1. The molecule has 4 rings (SSSR count). The van der Waals surface area contributed by atoms with Crippen LogP contribution in [0.3, 0.4) is 0 Å². The molecule has 7 nitrogen and oxygen atoms in total. The van der Waals surface area contributed by atoms with Crippen molar-refractivity contribution < 1.29 is 19.0 Å². The molecule has 8 heteroatoms. The van der Waals surface area contributed by atoms with Crippen LogP contribution in [0, 0.1) is 0 Å². The fraction of sp³-hybridized carbons (Fsp3) is 0.280. The van der Waals surface area contributed by atoms with E-state index in [1.165, 1.54) is 0 Å². The molecule has 0 atom stereocenters. The molecule has 1 N–H and O–H groups in total. The number of pyridine rings is 1. The fourth-order valence-corrected chi connectivity index (χ4v) is 3.67. The number of hydrogen-bond acceptors (Lipinski definition) is 6. The van der Waals surface area contributed by atoms with E-state index < -0.39 is 0 Å². The Morgan fingerprint density at radius 3 is 2.67 bits per heavy atom. The second-order valence-corrected chi connectivity index (χ2v) is 7.96. The predicted molar refractivity (Wildman–Crippen MR) is 127 cm³/mol. The lowest BCUT2D eigenvalue weighted by Crippen LogP contribution is -2.36. The maximum atomic E-state index is 12.7. The second-order valence-electron chi connectivity index (χ2n) is 7.55. The first-order valence-corrected chi connectivity index (χ1v) is 11.1. The summed E-state index contributed by atoms with van der Waals surface area (Å²) in [6.07, 6.45) is 1.79. The SMILES string of the molecule is COc1cc(C(=O)NCc2ccc(N3CCOCC3)nc2)ccc1OCc1ccccc1Cl. The third kappa shape index (κ3) is 5.94. The van der Waals surface area contributed by atoms with Crippen molar-refractivity contribution in [2.45, 2.75) is 13.2 Å². The summed E-state index contributed by atoms with van der Waals surface area (Å²) in [5.74, 6) is 1.73. The summed E-state index contributed by atoms with van der Waals surface area (Å²) in [4.78, 5) is 19.4. The van der Waals surface area contributed by atoms with Gasteiger partial charge in [0.15, 0.2) is 11.5 Å². The van der Waals surface area contributed by atoms with E-state index in [1.54, 1.807) is 31.5 Å². The number of morpholine rings is 1. The van der Waals surface area contributed by atoms with Gasteiger partial charge in [0.2, 0.25) is 0 Å². The standard InChI is InChI=1S/C25H26ClN3O4/c1-31-23-14-19(7-8-22(23)33-17-20-4-2-3-5-21(20)26)25(30)28-16-18-6-9-24(27-15-18)29-10-12-32-13-11-29/h2-9,14-15H,10-13,16-17H2,1H3,(H,28,30). The van der Waals surface area contributed by atoms with Crippen molar-refractivity contribution in [3.05, 3.63) is 82.5 Å². The number of carbonyl (C=O) groups is 1. The summed E-state index contributed by atoms with van der Waals surface area (Å²) in [5.41, 5.74) is 2.28. The third-order valence-corrected chi connectivity index (χ3v) is 5.73. The summed E-state index contributed by atoms with van der Waals surface area (Å²) >= 11 is 6.19. The van der Waals surface area contributed by atoms with E-state index in [9.17, 15) is 4.79 Å². The van der Waals surface area contributed by atoms with Gasteiger partial charge in [0, 0.05) is 42.0 Å². The molecule has 33 heavy (non-hydrogen) atoms. The van der Waals surface area contributed by atoms with Crippen molar-refractivity contribution in [1.29, 1.82) is 0 Å². The van der Waals surface area contributed by atoms with Gasteiger partial charge in [0.1, 0.15) is 12.4 Å². The number of nitrogens with one attached hydrogen (secondary N) is 1. The summed E-state index contributed by atoms with van der Waals surface area (Å²) < 4.78 is 16.7. The lowest BCUT2D eigenvalue weighted by atomic mass is 10.1. The second kappa shape index (κ2) is 11.0. The van der Waals surface area contributed by atoms with Gasteiger partial charge in [-0.15, -0.1) is 0 Å². The van der Waals surface area contributed by atoms with Crippen LogP contribution in [0.2, 0.25) is 5.02 Å². The van der Waals surface area contributed by atoms with E-state index in [0.717, 1.165) is 30.0 Å². The third-order valence-electron chi connectivity index (χ3n) is 5.36. The molecule has 1 aliphatic heterocycles. The highest BCUT2D eigenvalue weighted by atomic mass is 35.5. The van der Waals surface area contributed by atoms with Gasteiger partial charge < -0.3 is 24.4 Å². The minimum absolute atomic E-state index is 0.205. The molecule has 1 aromatic heterocycles. The van der Waals surface area contributed by atoms with Crippen molar-refractivity contribution >= 4 is 23.3 Å². The van der Waals surface area contributed by atoms with Crippen LogP contribution < -0.4 is 19.7 Å². The van der Waals surface area contributed by atoms with Gasteiger partial charge in [-0.05, 0) is 35.9 Å². The van der Waals surface area contributed by atoms with Crippen molar-refractivity contribution in [3.63, 3.8) is 0 Å². The maximum Gasteiger partial charge on any atom is 0.251 e. The minimum atomic E-state index is -0.205. The van der Waals surface area contributed by atoms with Gasteiger partial charge in [-0.2, -0.15) is 0 Å². The largest absolute Gasteiger partial charge is 0.493 e. The molecule has 0 saturated carbocycles. The molecule has 3 aromatic rings. The Labute approximate surface area is 198 Å². The summed E-state index contributed by atoms with van der Waals surface area (Å²) in [6.45, 7) is 3.78. The van der Waals surface area contributed by atoms with E-state index in [2.05, 4.69) is 15.2 Å². The average molecular weight is 468 g/mol. The Morgan fingerprint density at radius 1 is 1.12 bits per heavy atom. The summed E-state index contributed by atoms with van der Waals surface area (Å²) in [6, 6.07) is 16.5. The van der Waals surface area contributed by atoms with Crippen LogP contribution in [-0.2, 0) is 17.9 Å². The quantitative estimate of drug-likeness (QED) is 0.538. The van der Waals surface area contributed by atoms with Crippen LogP contribution >= 0.6 is 11.6 Å². The van der Waals surface area contributed by atoms with Crippen molar-refractivity contribution in [1.82, 2.24) is 10.3 Å². The van der Waals surface area contributed by atoms with Crippen molar-refractivity contribution in [2.75, 3.05) is 38.3 Å². The van der Waals surface area contributed by atoms with Crippen LogP contribution in [0.15, 0.2) is 60.8 Å². The average Bonchev–Trinajstić information content (AvgIpc) is 2.87. The number of anilines is 1. The molecule has 172 valence electrons. The summed E-state index contributed by atoms with van der Waals surface area (Å²) in [7, 11) is 1.54. The molecule has 0 radical (unpaired) electrons. The zero-order chi connectivity index (χ0) is 23.0. The zero-order valence-corrected chi connectivity index (χ0v) is 19.2. The molecule has 0 unspecified atom stereocenters. The number of ether oxygens (including phenoxy) is 3.